The first-order valence-electron chi connectivity index (χ1n) is 9.66. The topological polar surface area (TPSA) is 47.6 Å². The number of aryl methyl sites for hydroxylation is 1. The van der Waals surface area contributed by atoms with Gasteiger partial charge in [0.2, 0.25) is 0 Å². The first-order chi connectivity index (χ1) is 13.3. The lowest BCUT2D eigenvalue weighted by Gasteiger charge is -2.23. The SMILES string of the molecule is C=C(C(=O)OCC)[C@@H](Nc1cc(C)c(C)c(OC)c1)c1ccc(C(C)C)cc1. The lowest BCUT2D eigenvalue weighted by Crippen LogP contribution is -2.20. The maximum absolute atomic E-state index is 12.4. The van der Waals surface area contributed by atoms with Crippen molar-refractivity contribution in [2.75, 3.05) is 19.0 Å². The Hall–Kier alpha value is -2.75. The number of rotatable bonds is 8. The van der Waals surface area contributed by atoms with Crippen LogP contribution in [0.25, 0.3) is 0 Å². The Balaban J connectivity index is 2.42. The molecule has 0 saturated heterocycles. The summed E-state index contributed by atoms with van der Waals surface area (Å²) < 4.78 is 10.7. The van der Waals surface area contributed by atoms with Crippen LogP contribution in [-0.4, -0.2) is 19.7 Å². The van der Waals surface area contributed by atoms with Crippen molar-refractivity contribution in [2.45, 2.75) is 46.6 Å². The number of benzene rings is 2. The number of carbonyl (C=O) groups is 1. The molecule has 0 fully saturated rings. The predicted molar refractivity (Wildman–Crippen MR) is 115 cm³/mol. The number of anilines is 1. The summed E-state index contributed by atoms with van der Waals surface area (Å²) in [6.07, 6.45) is 0. The molecule has 0 spiro atoms. The Labute approximate surface area is 168 Å². The molecular formula is C24H31NO3. The third kappa shape index (κ3) is 4.94. The fraction of sp³-hybridized carbons (Fsp3) is 0.375. The van der Waals surface area contributed by atoms with Crippen LogP contribution in [0, 0.1) is 13.8 Å². The Bertz CT molecular complexity index is 838. The van der Waals surface area contributed by atoms with E-state index in [1.807, 2.05) is 38.1 Å². The number of hydrogen-bond donors (Lipinski definition) is 1. The van der Waals surface area contributed by atoms with E-state index in [-0.39, 0.29) is 0 Å². The molecule has 0 radical (unpaired) electrons. The van der Waals surface area contributed by atoms with E-state index in [4.69, 9.17) is 9.47 Å². The monoisotopic (exact) mass is 381 g/mol. The zero-order valence-corrected chi connectivity index (χ0v) is 17.8. The Morgan fingerprint density at radius 2 is 1.71 bits per heavy atom. The van der Waals surface area contributed by atoms with Gasteiger partial charge in [-0.15, -0.1) is 0 Å². The van der Waals surface area contributed by atoms with Gasteiger partial charge in [0.1, 0.15) is 5.75 Å². The molecule has 4 nitrogen and oxygen atoms in total. The van der Waals surface area contributed by atoms with Crippen molar-refractivity contribution < 1.29 is 14.3 Å². The first-order valence-corrected chi connectivity index (χ1v) is 9.66. The molecule has 2 aromatic rings. The number of methoxy groups -OCH3 is 1. The number of carbonyl (C=O) groups excluding carboxylic acids is 1. The highest BCUT2D eigenvalue weighted by atomic mass is 16.5. The van der Waals surface area contributed by atoms with Crippen LogP contribution in [0.15, 0.2) is 48.6 Å². The third-order valence-corrected chi connectivity index (χ3v) is 4.97. The minimum Gasteiger partial charge on any atom is -0.496 e. The minimum atomic E-state index is -0.399. The highest BCUT2D eigenvalue weighted by Crippen LogP contribution is 2.32. The van der Waals surface area contributed by atoms with Gasteiger partial charge in [-0.25, -0.2) is 4.79 Å². The second kappa shape index (κ2) is 9.45. The number of nitrogens with one attached hydrogen (secondary N) is 1. The van der Waals surface area contributed by atoms with Crippen LogP contribution in [-0.2, 0) is 9.53 Å². The zero-order valence-electron chi connectivity index (χ0n) is 17.8. The van der Waals surface area contributed by atoms with Crippen molar-refractivity contribution in [3.8, 4) is 5.75 Å². The van der Waals surface area contributed by atoms with Crippen LogP contribution < -0.4 is 10.1 Å². The average molecular weight is 382 g/mol. The molecule has 0 aliphatic carbocycles. The molecule has 0 heterocycles. The van der Waals surface area contributed by atoms with E-state index in [1.54, 1.807) is 14.0 Å². The van der Waals surface area contributed by atoms with Crippen molar-refractivity contribution in [3.63, 3.8) is 0 Å². The quantitative estimate of drug-likeness (QED) is 0.470. The average Bonchev–Trinajstić information content (AvgIpc) is 2.68. The number of esters is 1. The molecule has 0 aliphatic heterocycles. The van der Waals surface area contributed by atoms with Crippen LogP contribution in [0.1, 0.15) is 55.0 Å². The van der Waals surface area contributed by atoms with E-state index in [1.165, 1.54) is 5.56 Å². The van der Waals surface area contributed by atoms with Crippen molar-refractivity contribution in [3.05, 3.63) is 70.8 Å². The van der Waals surface area contributed by atoms with Gasteiger partial charge >= 0.3 is 5.97 Å². The van der Waals surface area contributed by atoms with E-state index in [9.17, 15) is 4.79 Å². The lowest BCUT2D eigenvalue weighted by molar-refractivity contribution is -0.138. The molecule has 0 saturated carbocycles. The summed E-state index contributed by atoms with van der Waals surface area (Å²) in [6, 6.07) is 11.8. The maximum atomic E-state index is 12.4. The molecule has 1 N–H and O–H groups in total. The van der Waals surface area contributed by atoms with Gasteiger partial charge in [-0.1, -0.05) is 44.7 Å². The van der Waals surface area contributed by atoms with Gasteiger partial charge in [0.25, 0.3) is 0 Å². The highest BCUT2D eigenvalue weighted by molar-refractivity contribution is 5.90. The molecule has 0 aliphatic rings. The molecule has 0 unspecified atom stereocenters. The molecule has 4 heteroatoms. The summed E-state index contributed by atoms with van der Waals surface area (Å²) in [5.41, 5.74) is 5.64. The van der Waals surface area contributed by atoms with Gasteiger partial charge in [-0.3, -0.25) is 0 Å². The summed E-state index contributed by atoms with van der Waals surface area (Å²) in [6.45, 7) is 14.5. The Morgan fingerprint density at radius 1 is 1.11 bits per heavy atom. The Kier molecular flexibility index (Phi) is 7.27. The highest BCUT2D eigenvalue weighted by Gasteiger charge is 2.23. The lowest BCUT2D eigenvalue weighted by atomic mass is 9.95. The molecule has 2 rings (SSSR count). The molecule has 0 aromatic heterocycles. The van der Waals surface area contributed by atoms with E-state index in [0.29, 0.717) is 18.1 Å². The minimum absolute atomic E-state index is 0.314. The molecule has 150 valence electrons. The van der Waals surface area contributed by atoms with Gasteiger partial charge in [0, 0.05) is 11.8 Å². The van der Waals surface area contributed by atoms with Crippen molar-refractivity contribution in [2.24, 2.45) is 0 Å². The van der Waals surface area contributed by atoms with Crippen LogP contribution in [0.3, 0.4) is 0 Å². The smallest absolute Gasteiger partial charge is 0.335 e. The van der Waals surface area contributed by atoms with E-state index in [0.717, 1.165) is 28.1 Å². The fourth-order valence-electron chi connectivity index (χ4n) is 3.08. The van der Waals surface area contributed by atoms with Crippen molar-refractivity contribution in [1.29, 1.82) is 0 Å². The van der Waals surface area contributed by atoms with Crippen molar-refractivity contribution in [1.82, 2.24) is 0 Å². The van der Waals surface area contributed by atoms with E-state index < -0.39 is 12.0 Å². The van der Waals surface area contributed by atoms with Gasteiger partial charge < -0.3 is 14.8 Å². The number of hydrogen-bond acceptors (Lipinski definition) is 4. The van der Waals surface area contributed by atoms with Crippen LogP contribution >= 0.6 is 0 Å². The fourth-order valence-corrected chi connectivity index (χ4v) is 3.08. The van der Waals surface area contributed by atoms with E-state index in [2.05, 4.69) is 37.9 Å². The molecule has 1 atom stereocenters. The maximum Gasteiger partial charge on any atom is 0.335 e. The van der Waals surface area contributed by atoms with Gasteiger partial charge in [-0.05, 0) is 55.0 Å². The first kappa shape index (κ1) is 21.5. The summed E-state index contributed by atoms with van der Waals surface area (Å²) in [5.74, 6) is 0.847. The van der Waals surface area contributed by atoms with Crippen LogP contribution in [0.4, 0.5) is 5.69 Å². The molecule has 0 bridgehead atoms. The standard InChI is InChI=1S/C24H31NO3/c1-8-28-24(26)18(6)23(20-11-9-19(10-12-20)15(2)3)25-21-13-16(4)17(5)22(14-21)27-7/h9-15,23,25H,6,8H2,1-5,7H3/t23-/m1/s1. The molecule has 2 aromatic carbocycles. The van der Waals surface area contributed by atoms with Crippen LogP contribution in [0.5, 0.6) is 5.75 Å². The summed E-state index contributed by atoms with van der Waals surface area (Å²) >= 11 is 0. The molecular weight excluding hydrogens is 350 g/mol. The normalized spacial score (nSPS) is 11.8. The Morgan fingerprint density at radius 3 is 2.25 bits per heavy atom. The van der Waals surface area contributed by atoms with Gasteiger partial charge in [-0.2, -0.15) is 0 Å². The summed E-state index contributed by atoms with van der Waals surface area (Å²) in [4.78, 5) is 12.4. The largest absolute Gasteiger partial charge is 0.496 e. The predicted octanol–water partition coefficient (Wildman–Crippen LogP) is 5.71. The zero-order chi connectivity index (χ0) is 20.8. The third-order valence-electron chi connectivity index (χ3n) is 4.97. The van der Waals surface area contributed by atoms with Crippen molar-refractivity contribution >= 4 is 11.7 Å². The summed E-state index contributed by atoms with van der Waals surface area (Å²) in [5, 5.41) is 3.45. The molecule has 28 heavy (non-hydrogen) atoms. The second-order valence-corrected chi connectivity index (χ2v) is 7.26. The van der Waals surface area contributed by atoms with E-state index >= 15 is 0 Å². The second-order valence-electron chi connectivity index (χ2n) is 7.26. The molecule has 0 amide bonds. The summed E-state index contributed by atoms with van der Waals surface area (Å²) in [7, 11) is 1.66. The van der Waals surface area contributed by atoms with Gasteiger partial charge in [0.05, 0.1) is 25.3 Å². The van der Waals surface area contributed by atoms with Gasteiger partial charge in [0.15, 0.2) is 0 Å². The van der Waals surface area contributed by atoms with Crippen LogP contribution in [0.2, 0.25) is 0 Å². The number of ether oxygens (including phenoxy) is 2.